The first kappa shape index (κ1) is 14.8. The van der Waals surface area contributed by atoms with E-state index in [1.54, 1.807) is 19.1 Å². The number of hydrogen-bond donors (Lipinski definition) is 1. The van der Waals surface area contributed by atoms with Crippen LogP contribution in [-0.4, -0.2) is 29.4 Å². The summed E-state index contributed by atoms with van der Waals surface area (Å²) in [4.78, 5) is 14.9. The monoisotopic (exact) mass is 278 g/mol. The Balaban J connectivity index is 2.25. The first-order chi connectivity index (χ1) is 9.12. The molecule has 1 aromatic heterocycles. The van der Waals surface area contributed by atoms with Crippen LogP contribution in [0.25, 0.3) is 0 Å². The zero-order valence-electron chi connectivity index (χ0n) is 12.4. The molecule has 1 aromatic rings. The maximum atomic E-state index is 10.7. The van der Waals surface area contributed by atoms with Gasteiger partial charge in [-0.25, -0.2) is 9.78 Å². The van der Waals surface area contributed by atoms with Crippen LogP contribution in [0, 0.1) is 6.92 Å². The number of aryl methyl sites for hydroxylation is 1. The number of ether oxygens (including phenoxy) is 1. The second kappa shape index (κ2) is 4.75. The van der Waals surface area contributed by atoms with Crippen LogP contribution in [0.3, 0.4) is 0 Å². The van der Waals surface area contributed by atoms with Crippen LogP contribution in [0.5, 0.6) is 5.88 Å². The van der Waals surface area contributed by atoms with Gasteiger partial charge in [-0.05, 0) is 34.6 Å². The molecule has 0 aromatic carbocycles. The van der Waals surface area contributed by atoms with Gasteiger partial charge in [0.25, 0.3) is 0 Å². The topological polar surface area (TPSA) is 83.7 Å². The third-order valence-corrected chi connectivity index (χ3v) is 3.81. The molecule has 0 unspecified atom stereocenters. The Hall–Kier alpha value is -1.60. The maximum absolute atomic E-state index is 10.7. The molecule has 2 rings (SSSR count). The van der Waals surface area contributed by atoms with Crippen molar-refractivity contribution in [1.82, 2.24) is 4.98 Å². The molecule has 0 aliphatic carbocycles. The molecule has 0 bridgehead atoms. The number of amides is 1. The van der Waals surface area contributed by atoms with Crippen molar-refractivity contribution in [3.05, 3.63) is 17.8 Å². The summed E-state index contributed by atoms with van der Waals surface area (Å²) >= 11 is 0. The lowest BCUT2D eigenvalue weighted by molar-refractivity contribution is 0.00578. The van der Waals surface area contributed by atoms with Crippen molar-refractivity contribution in [2.24, 2.45) is 5.73 Å². The van der Waals surface area contributed by atoms with Gasteiger partial charge in [-0.15, -0.1) is 0 Å². The summed E-state index contributed by atoms with van der Waals surface area (Å²) in [5.74, 6) is 0.162. The van der Waals surface area contributed by atoms with E-state index in [0.717, 1.165) is 5.46 Å². The van der Waals surface area contributed by atoms with Crippen molar-refractivity contribution >= 4 is 18.7 Å². The lowest BCUT2D eigenvalue weighted by atomic mass is 9.78. The first-order valence-corrected chi connectivity index (χ1v) is 6.43. The van der Waals surface area contributed by atoms with E-state index in [-0.39, 0.29) is 5.88 Å². The predicted octanol–water partition coefficient (Wildman–Crippen LogP) is 1.15. The molecular weight excluding hydrogens is 259 g/mol. The number of rotatable bonds is 2. The van der Waals surface area contributed by atoms with Crippen molar-refractivity contribution in [1.29, 1.82) is 0 Å². The van der Waals surface area contributed by atoms with Gasteiger partial charge in [0.1, 0.15) is 0 Å². The Morgan fingerprint density at radius 2 is 1.80 bits per heavy atom. The van der Waals surface area contributed by atoms with Gasteiger partial charge in [0.2, 0.25) is 5.88 Å². The average Bonchev–Trinajstić information content (AvgIpc) is 2.46. The highest BCUT2D eigenvalue weighted by atomic mass is 16.7. The average molecular weight is 278 g/mol. The molecule has 0 radical (unpaired) electrons. The number of aromatic nitrogens is 1. The largest absolute Gasteiger partial charge is 0.496 e. The molecule has 1 fully saturated rings. The number of primary amides is 1. The summed E-state index contributed by atoms with van der Waals surface area (Å²) in [6.45, 7) is 9.75. The molecule has 1 amide bonds. The number of pyridine rings is 1. The van der Waals surface area contributed by atoms with Crippen molar-refractivity contribution in [3.63, 3.8) is 0 Å². The van der Waals surface area contributed by atoms with E-state index in [1.165, 1.54) is 0 Å². The summed E-state index contributed by atoms with van der Waals surface area (Å²) in [7, 11) is -0.491. The van der Waals surface area contributed by atoms with Gasteiger partial charge in [-0.1, -0.05) is 6.07 Å². The lowest BCUT2D eigenvalue weighted by Gasteiger charge is -2.32. The highest BCUT2D eigenvalue weighted by Crippen LogP contribution is 2.36. The Kier molecular flexibility index (Phi) is 3.52. The van der Waals surface area contributed by atoms with Gasteiger partial charge in [-0.2, -0.15) is 0 Å². The minimum absolute atomic E-state index is 0.162. The van der Waals surface area contributed by atoms with Gasteiger partial charge < -0.3 is 19.8 Å². The van der Waals surface area contributed by atoms with Crippen LogP contribution in [0.4, 0.5) is 4.79 Å². The van der Waals surface area contributed by atoms with E-state index in [2.05, 4.69) is 4.98 Å². The number of nitrogens with two attached hydrogens (primary N) is 1. The SMILES string of the molecule is Cc1nc(OC(N)=O)ccc1B1OC(C)(C)C(C)(C)O1. The summed E-state index contributed by atoms with van der Waals surface area (Å²) in [6.07, 6.45) is -0.889. The molecule has 1 aliphatic heterocycles. The maximum Gasteiger partial charge on any atom is 0.496 e. The minimum Gasteiger partial charge on any atom is -0.399 e. The summed E-state index contributed by atoms with van der Waals surface area (Å²) in [5.41, 5.74) is 5.61. The smallest absolute Gasteiger partial charge is 0.399 e. The number of carbonyl (C=O) groups is 1. The van der Waals surface area contributed by atoms with Crippen LogP contribution >= 0.6 is 0 Å². The standard InChI is InChI=1S/C13H19BN2O4/c1-8-9(6-7-10(16-8)18-11(15)17)14-19-12(2,3)13(4,5)20-14/h6-7H,1-5H3,(H2,15,17). The fourth-order valence-electron chi connectivity index (χ4n) is 1.93. The molecule has 0 saturated carbocycles. The van der Waals surface area contributed by atoms with E-state index in [1.807, 2.05) is 27.7 Å². The number of carbonyl (C=O) groups excluding carboxylic acids is 1. The van der Waals surface area contributed by atoms with Gasteiger partial charge in [0, 0.05) is 17.2 Å². The summed E-state index contributed by atoms with van der Waals surface area (Å²) < 4.78 is 16.7. The van der Waals surface area contributed by atoms with E-state index in [4.69, 9.17) is 19.8 Å². The fourth-order valence-corrected chi connectivity index (χ4v) is 1.93. The third-order valence-electron chi connectivity index (χ3n) is 3.81. The Bertz CT molecular complexity index is 529. The Morgan fingerprint density at radius 3 is 2.25 bits per heavy atom. The van der Waals surface area contributed by atoms with Gasteiger partial charge in [0.15, 0.2) is 0 Å². The normalized spacial score (nSPS) is 19.9. The molecule has 2 N–H and O–H groups in total. The molecule has 6 nitrogen and oxygen atoms in total. The van der Waals surface area contributed by atoms with Crippen molar-refractivity contribution in [3.8, 4) is 5.88 Å². The second-order valence-electron chi connectivity index (χ2n) is 5.83. The fraction of sp³-hybridized carbons (Fsp3) is 0.538. The van der Waals surface area contributed by atoms with Crippen LogP contribution < -0.4 is 15.9 Å². The van der Waals surface area contributed by atoms with E-state index in [0.29, 0.717) is 5.69 Å². The molecule has 0 spiro atoms. The highest BCUT2D eigenvalue weighted by molar-refractivity contribution is 6.62. The molecule has 1 aliphatic rings. The molecule has 108 valence electrons. The quantitative estimate of drug-likeness (QED) is 0.820. The van der Waals surface area contributed by atoms with Gasteiger partial charge in [-0.3, -0.25) is 0 Å². The molecule has 1 saturated heterocycles. The van der Waals surface area contributed by atoms with E-state index < -0.39 is 24.4 Å². The van der Waals surface area contributed by atoms with Gasteiger partial charge >= 0.3 is 13.2 Å². The van der Waals surface area contributed by atoms with Crippen molar-refractivity contribution < 1.29 is 18.8 Å². The van der Waals surface area contributed by atoms with Crippen LogP contribution in [-0.2, 0) is 9.31 Å². The minimum atomic E-state index is -0.889. The number of hydrogen-bond acceptors (Lipinski definition) is 5. The zero-order valence-corrected chi connectivity index (χ0v) is 12.4. The molecule has 2 heterocycles. The van der Waals surface area contributed by atoms with Crippen molar-refractivity contribution in [2.45, 2.75) is 45.8 Å². The molecular formula is C13H19BN2O4. The zero-order chi connectivity index (χ0) is 15.1. The van der Waals surface area contributed by atoms with Crippen LogP contribution in [0.15, 0.2) is 12.1 Å². The summed E-state index contributed by atoms with van der Waals surface area (Å²) in [6, 6.07) is 3.33. The first-order valence-electron chi connectivity index (χ1n) is 6.43. The summed E-state index contributed by atoms with van der Waals surface area (Å²) in [5, 5.41) is 0. The second-order valence-corrected chi connectivity index (χ2v) is 5.83. The Labute approximate surface area is 118 Å². The van der Waals surface area contributed by atoms with Crippen LogP contribution in [0.2, 0.25) is 0 Å². The highest BCUT2D eigenvalue weighted by Gasteiger charge is 2.52. The van der Waals surface area contributed by atoms with E-state index >= 15 is 0 Å². The third kappa shape index (κ3) is 2.64. The van der Waals surface area contributed by atoms with E-state index in [9.17, 15) is 4.79 Å². The molecule has 7 heteroatoms. The number of nitrogens with zero attached hydrogens (tertiary/aromatic N) is 1. The van der Waals surface area contributed by atoms with Crippen LogP contribution in [0.1, 0.15) is 33.4 Å². The molecule has 0 atom stereocenters. The van der Waals surface area contributed by atoms with Gasteiger partial charge in [0.05, 0.1) is 11.2 Å². The molecule has 20 heavy (non-hydrogen) atoms. The lowest BCUT2D eigenvalue weighted by Crippen LogP contribution is -2.41. The predicted molar refractivity (Wildman–Crippen MR) is 74.9 cm³/mol. The Morgan fingerprint density at radius 1 is 1.25 bits per heavy atom. The van der Waals surface area contributed by atoms with Crippen molar-refractivity contribution in [2.75, 3.05) is 0 Å².